The molecule has 0 saturated carbocycles. The first-order valence-corrected chi connectivity index (χ1v) is 11.2. The van der Waals surface area contributed by atoms with E-state index in [9.17, 15) is 4.39 Å². The number of aliphatic imine (C=N–C) groups is 1. The fourth-order valence-electron chi connectivity index (χ4n) is 5.16. The Morgan fingerprint density at radius 1 is 1.19 bits per heavy atom. The number of fused-ring (bicyclic) bond motifs is 2. The van der Waals surface area contributed by atoms with Crippen molar-refractivity contribution >= 4 is 5.96 Å². The van der Waals surface area contributed by atoms with Gasteiger partial charge in [0.1, 0.15) is 17.7 Å². The maximum absolute atomic E-state index is 14.9. The van der Waals surface area contributed by atoms with Gasteiger partial charge in [-0.3, -0.25) is 0 Å². The molecule has 0 bridgehead atoms. The van der Waals surface area contributed by atoms with Crippen LogP contribution in [0.25, 0.3) is 11.1 Å². The van der Waals surface area contributed by atoms with E-state index in [1.165, 1.54) is 5.06 Å². The van der Waals surface area contributed by atoms with Gasteiger partial charge in [0.25, 0.3) is 0 Å². The van der Waals surface area contributed by atoms with Crippen LogP contribution in [-0.2, 0) is 15.3 Å². The highest BCUT2D eigenvalue weighted by molar-refractivity contribution is 5.79. The molecule has 3 aliphatic rings. The predicted molar refractivity (Wildman–Crippen MR) is 121 cm³/mol. The second-order valence-electron chi connectivity index (χ2n) is 9.71. The number of nitrogens with zero attached hydrogens (tertiary/aromatic N) is 2. The Balaban J connectivity index is 1.58. The molecule has 0 aliphatic carbocycles. The van der Waals surface area contributed by atoms with E-state index in [4.69, 9.17) is 25.0 Å². The van der Waals surface area contributed by atoms with Gasteiger partial charge >= 0.3 is 0 Å². The molecule has 3 aliphatic heterocycles. The van der Waals surface area contributed by atoms with E-state index < -0.39 is 5.72 Å². The predicted octanol–water partition coefficient (Wildman–Crippen LogP) is 4.50. The maximum atomic E-state index is 14.9. The first-order valence-electron chi connectivity index (χ1n) is 11.2. The molecule has 3 heterocycles. The summed E-state index contributed by atoms with van der Waals surface area (Å²) < 4.78 is 27.3. The molecule has 1 spiro atoms. The van der Waals surface area contributed by atoms with Crippen LogP contribution >= 0.6 is 0 Å². The van der Waals surface area contributed by atoms with Gasteiger partial charge < -0.3 is 15.2 Å². The Morgan fingerprint density at radius 2 is 2.00 bits per heavy atom. The Hall–Kier alpha value is -2.64. The molecule has 1 saturated heterocycles. The van der Waals surface area contributed by atoms with Gasteiger partial charge in [-0.1, -0.05) is 24.3 Å². The molecular formula is C25H30FN3O3. The second-order valence-corrected chi connectivity index (χ2v) is 9.71. The zero-order chi connectivity index (χ0) is 22.7. The van der Waals surface area contributed by atoms with E-state index in [2.05, 4.69) is 13.8 Å². The molecule has 0 amide bonds. The Labute approximate surface area is 188 Å². The topological polar surface area (TPSA) is 69.3 Å². The van der Waals surface area contributed by atoms with Gasteiger partial charge in [0.15, 0.2) is 0 Å². The van der Waals surface area contributed by atoms with E-state index in [1.807, 2.05) is 24.3 Å². The van der Waals surface area contributed by atoms with Gasteiger partial charge in [0, 0.05) is 31.6 Å². The molecule has 0 radical (unpaired) electrons. The first kappa shape index (κ1) is 21.2. The van der Waals surface area contributed by atoms with Crippen LogP contribution in [0, 0.1) is 18.7 Å². The van der Waals surface area contributed by atoms with Crippen molar-refractivity contribution in [2.75, 3.05) is 13.7 Å². The zero-order valence-electron chi connectivity index (χ0n) is 19.0. The van der Waals surface area contributed by atoms with E-state index in [-0.39, 0.29) is 17.5 Å². The zero-order valence-corrected chi connectivity index (χ0v) is 19.0. The lowest BCUT2D eigenvalue weighted by molar-refractivity contribution is -0.198. The lowest BCUT2D eigenvalue weighted by atomic mass is 9.79. The van der Waals surface area contributed by atoms with Gasteiger partial charge in [-0.2, -0.15) is 0 Å². The van der Waals surface area contributed by atoms with Crippen molar-refractivity contribution in [3.05, 3.63) is 53.3 Å². The van der Waals surface area contributed by atoms with E-state index in [0.717, 1.165) is 24.0 Å². The van der Waals surface area contributed by atoms with Crippen LogP contribution in [0.5, 0.6) is 5.75 Å². The quantitative estimate of drug-likeness (QED) is 0.746. The van der Waals surface area contributed by atoms with Crippen molar-refractivity contribution in [1.29, 1.82) is 0 Å². The summed E-state index contributed by atoms with van der Waals surface area (Å²) in [6.07, 6.45) is 2.26. The lowest BCUT2D eigenvalue weighted by Gasteiger charge is -2.44. The average Bonchev–Trinajstić information content (AvgIpc) is 3.02. The largest absolute Gasteiger partial charge is 0.489 e. The minimum absolute atomic E-state index is 0.0877. The van der Waals surface area contributed by atoms with Crippen molar-refractivity contribution < 1.29 is 18.7 Å². The molecule has 3 atom stereocenters. The van der Waals surface area contributed by atoms with Crippen molar-refractivity contribution in [2.24, 2.45) is 16.6 Å². The van der Waals surface area contributed by atoms with Gasteiger partial charge in [-0.15, -0.1) is 0 Å². The molecular weight excluding hydrogens is 409 g/mol. The minimum atomic E-state index is -0.990. The van der Waals surface area contributed by atoms with Gasteiger partial charge in [-0.25, -0.2) is 19.3 Å². The van der Waals surface area contributed by atoms with Gasteiger partial charge in [-0.05, 0) is 56.9 Å². The molecule has 7 heteroatoms. The fourth-order valence-corrected chi connectivity index (χ4v) is 5.16. The summed E-state index contributed by atoms with van der Waals surface area (Å²) in [6, 6.07) is 11.1. The van der Waals surface area contributed by atoms with Crippen molar-refractivity contribution in [3.63, 3.8) is 0 Å². The fraction of sp³-hybridized carbons (Fsp3) is 0.480. The Bertz CT molecular complexity index is 1090. The molecule has 3 unspecified atom stereocenters. The minimum Gasteiger partial charge on any atom is -0.489 e. The third kappa shape index (κ3) is 3.53. The standard InChI is InChI=1S/C25H30FN3O3/c1-15-6-5-7-18(22(15)26)16-8-9-20-19(12-16)25(28-23(27)29(4)32-25)14-21(31-20)17-10-11-30-24(2,3)13-17/h5-9,12,17,21H,10-11,13-14H2,1-4H3,(H2,27,28). The third-order valence-corrected chi connectivity index (χ3v) is 6.83. The second kappa shape index (κ2) is 7.46. The van der Waals surface area contributed by atoms with Crippen molar-refractivity contribution in [1.82, 2.24) is 5.06 Å². The van der Waals surface area contributed by atoms with Gasteiger partial charge in [0.2, 0.25) is 11.7 Å². The van der Waals surface area contributed by atoms with Crippen molar-refractivity contribution in [3.8, 4) is 16.9 Å². The Morgan fingerprint density at radius 3 is 2.72 bits per heavy atom. The summed E-state index contributed by atoms with van der Waals surface area (Å²) >= 11 is 0. The molecule has 2 N–H and O–H groups in total. The van der Waals surface area contributed by atoms with Gasteiger partial charge in [0.05, 0.1) is 11.2 Å². The number of hydrogen-bond donors (Lipinski definition) is 1. The third-order valence-electron chi connectivity index (χ3n) is 6.83. The number of guanidine groups is 1. The normalized spacial score (nSPS) is 28.9. The summed E-state index contributed by atoms with van der Waals surface area (Å²) in [5, 5.41) is 1.50. The van der Waals surface area contributed by atoms with Crippen LogP contribution < -0.4 is 10.5 Å². The number of hydrogen-bond acceptors (Lipinski definition) is 6. The number of hydroxylamine groups is 2. The number of halogens is 1. The average molecular weight is 440 g/mol. The van der Waals surface area contributed by atoms with Crippen LogP contribution in [0.2, 0.25) is 0 Å². The molecule has 170 valence electrons. The number of nitrogens with two attached hydrogens (primary N) is 1. The highest BCUT2D eigenvalue weighted by Crippen LogP contribution is 2.50. The Kier molecular flexibility index (Phi) is 4.94. The first-order chi connectivity index (χ1) is 15.2. The van der Waals surface area contributed by atoms with Crippen LogP contribution in [0.15, 0.2) is 41.4 Å². The summed E-state index contributed by atoms with van der Waals surface area (Å²) in [6.45, 7) is 6.70. The van der Waals surface area contributed by atoms with Crippen LogP contribution in [-0.4, -0.2) is 36.4 Å². The van der Waals surface area contributed by atoms with E-state index in [0.29, 0.717) is 41.8 Å². The van der Waals surface area contributed by atoms with Crippen LogP contribution in [0.3, 0.4) is 0 Å². The molecule has 2 aromatic rings. The summed E-state index contributed by atoms with van der Waals surface area (Å²) in [5.74, 6) is 1.10. The van der Waals surface area contributed by atoms with Crippen molar-refractivity contribution in [2.45, 2.75) is 57.5 Å². The lowest BCUT2D eigenvalue weighted by Crippen LogP contribution is -2.46. The molecule has 0 aromatic heterocycles. The van der Waals surface area contributed by atoms with E-state index >= 15 is 0 Å². The number of ether oxygens (including phenoxy) is 2. The molecule has 5 rings (SSSR count). The van der Waals surface area contributed by atoms with E-state index in [1.54, 1.807) is 26.1 Å². The number of rotatable bonds is 2. The van der Waals surface area contributed by atoms with Crippen LogP contribution in [0.1, 0.15) is 44.2 Å². The number of benzene rings is 2. The summed E-state index contributed by atoms with van der Waals surface area (Å²) in [5.41, 5.74) is 7.62. The molecule has 2 aromatic carbocycles. The molecule has 6 nitrogen and oxygen atoms in total. The molecule has 1 fully saturated rings. The maximum Gasteiger partial charge on any atom is 0.221 e. The molecule has 32 heavy (non-hydrogen) atoms. The highest BCUT2D eigenvalue weighted by atomic mass is 19.1. The summed E-state index contributed by atoms with van der Waals surface area (Å²) in [4.78, 5) is 11.0. The summed E-state index contributed by atoms with van der Waals surface area (Å²) in [7, 11) is 1.75. The SMILES string of the molecule is Cc1cccc(-c2ccc3c(c2)C2(CC(C4CCOC(C)(C)C4)O3)N=C(N)N(C)O2)c1F. The monoisotopic (exact) mass is 439 g/mol. The smallest absolute Gasteiger partial charge is 0.221 e. The highest BCUT2D eigenvalue weighted by Gasteiger charge is 2.51. The van der Waals surface area contributed by atoms with Crippen LogP contribution in [0.4, 0.5) is 4.39 Å². The number of aryl methyl sites for hydroxylation is 1.